The van der Waals surface area contributed by atoms with E-state index in [0.29, 0.717) is 11.4 Å². The highest BCUT2D eigenvalue weighted by molar-refractivity contribution is 5.89. The molecule has 1 N–H and O–H groups in total. The zero-order valence-corrected chi connectivity index (χ0v) is 15.1. The third-order valence-corrected chi connectivity index (χ3v) is 4.58. The lowest BCUT2D eigenvalue weighted by Gasteiger charge is -2.08. The molecule has 0 aliphatic carbocycles. The number of aryl methyl sites for hydroxylation is 4. The Hall–Kier alpha value is -3.48. The summed E-state index contributed by atoms with van der Waals surface area (Å²) in [7, 11) is 0. The Morgan fingerprint density at radius 1 is 1.07 bits per heavy atom. The molecule has 0 aliphatic rings. The Balaban J connectivity index is 1.61. The van der Waals surface area contributed by atoms with Crippen LogP contribution in [0.3, 0.4) is 0 Å². The molecule has 0 saturated heterocycles. The van der Waals surface area contributed by atoms with E-state index in [1.54, 1.807) is 6.20 Å². The van der Waals surface area contributed by atoms with Gasteiger partial charge in [0.1, 0.15) is 0 Å². The number of pyridine rings is 2. The van der Waals surface area contributed by atoms with Gasteiger partial charge < -0.3 is 9.67 Å². The maximum Gasteiger partial charge on any atom is 0.335 e. The fourth-order valence-electron chi connectivity index (χ4n) is 3.23. The van der Waals surface area contributed by atoms with Crippen molar-refractivity contribution in [3.63, 3.8) is 0 Å². The van der Waals surface area contributed by atoms with Gasteiger partial charge in [-0.15, -0.1) is 0 Å². The minimum absolute atomic E-state index is 0.198. The molecular weight excluding hydrogens is 342 g/mol. The van der Waals surface area contributed by atoms with Gasteiger partial charge in [0.05, 0.1) is 40.9 Å². The van der Waals surface area contributed by atoms with Crippen molar-refractivity contribution in [1.82, 2.24) is 24.3 Å². The molecule has 7 nitrogen and oxygen atoms in total. The molecule has 136 valence electrons. The molecule has 0 atom stereocenters. The second-order valence-corrected chi connectivity index (χ2v) is 6.52. The first-order chi connectivity index (χ1) is 13.0. The van der Waals surface area contributed by atoms with E-state index in [0.717, 1.165) is 35.4 Å². The molecule has 0 unspecified atom stereocenters. The molecular formula is C20H19N5O2. The molecule has 0 fully saturated rings. The third kappa shape index (κ3) is 3.31. The highest BCUT2D eigenvalue weighted by atomic mass is 16.4. The van der Waals surface area contributed by atoms with E-state index in [4.69, 9.17) is 5.11 Å². The summed E-state index contributed by atoms with van der Waals surface area (Å²) in [5, 5.41) is 14.7. The molecule has 0 saturated carbocycles. The number of carbonyl (C=O) groups is 1. The minimum Gasteiger partial charge on any atom is -0.478 e. The fraction of sp³-hybridized carbons (Fsp3) is 0.200. The van der Waals surface area contributed by atoms with Crippen molar-refractivity contribution in [3.05, 3.63) is 65.9 Å². The topological polar surface area (TPSA) is 85.8 Å². The van der Waals surface area contributed by atoms with Crippen LogP contribution < -0.4 is 0 Å². The molecule has 27 heavy (non-hydrogen) atoms. The van der Waals surface area contributed by atoms with Crippen molar-refractivity contribution in [2.45, 2.75) is 26.9 Å². The average molecular weight is 361 g/mol. The van der Waals surface area contributed by atoms with Gasteiger partial charge in [-0.2, -0.15) is 5.10 Å². The SMILES string of the molecule is Cc1cc(C)n(CCn2ccc3cc(-c4cc(C(=O)O)ccn4)ncc32)n1. The van der Waals surface area contributed by atoms with E-state index < -0.39 is 5.97 Å². The summed E-state index contributed by atoms with van der Waals surface area (Å²) in [5.74, 6) is -0.977. The lowest BCUT2D eigenvalue weighted by Crippen LogP contribution is -2.09. The Bertz CT molecular complexity index is 1140. The Kier molecular flexibility index (Phi) is 4.19. The Labute approximate surface area is 155 Å². The predicted molar refractivity (Wildman–Crippen MR) is 102 cm³/mol. The highest BCUT2D eigenvalue weighted by Gasteiger charge is 2.10. The number of rotatable bonds is 5. The molecule has 4 rings (SSSR count). The van der Waals surface area contributed by atoms with E-state index in [-0.39, 0.29) is 5.56 Å². The van der Waals surface area contributed by atoms with Gasteiger partial charge in [-0.05, 0) is 44.2 Å². The van der Waals surface area contributed by atoms with Gasteiger partial charge in [0, 0.05) is 30.0 Å². The van der Waals surface area contributed by atoms with Crippen LogP contribution >= 0.6 is 0 Å². The van der Waals surface area contributed by atoms with Crippen LogP contribution in [0.5, 0.6) is 0 Å². The van der Waals surface area contributed by atoms with Crippen LogP contribution in [0.15, 0.2) is 48.9 Å². The number of carboxylic acid groups (broad SMARTS) is 1. The standard InChI is InChI=1S/C20H19N5O2/c1-13-9-14(2)25(23-13)8-7-24-6-4-15-10-18(22-12-19(15)24)17-11-16(20(26)27)3-5-21-17/h3-6,9-12H,7-8H2,1-2H3,(H,26,27). The van der Waals surface area contributed by atoms with Crippen molar-refractivity contribution < 1.29 is 9.90 Å². The molecule has 7 heteroatoms. The maximum absolute atomic E-state index is 11.2. The summed E-state index contributed by atoms with van der Waals surface area (Å²) in [6.45, 7) is 5.62. The largest absolute Gasteiger partial charge is 0.478 e. The highest BCUT2D eigenvalue weighted by Crippen LogP contribution is 2.22. The summed E-state index contributed by atoms with van der Waals surface area (Å²) < 4.78 is 4.15. The fourth-order valence-corrected chi connectivity index (χ4v) is 3.23. The number of aromatic carboxylic acids is 1. The number of hydrogen-bond acceptors (Lipinski definition) is 4. The smallest absolute Gasteiger partial charge is 0.335 e. The zero-order chi connectivity index (χ0) is 19.0. The van der Waals surface area contributed by atoms with Crippen LogP contribution in [-0.2, 0) is 13.1 Å². The summed E-state index contributed by atoms with van der Waals surface area (Å²) in [4.78, 5) is 19.9. The summed E-state index contributed by atoms with van der Waals surface area (Å²) in [5.41, 5.74) is 4.59. The van der Waals surface area contributed by atoms with E-state index in [2.05, 4.69) is 32.6 Å². The summed E-state index contributed by atoms with van der Waals surface area (Å²) in [6, 6.07) is 9.04. The average Bonchev–Trinajstić information content (AvgIpc) is 3.21. The molecule has 0 radical (unpaired) electrons. The van der Waals surface area contributed by atoms with Crippen molar-refractivity contribution >= 4 is 16.9 Å². The van der Waals surface area contributed by atoms with Crippen molar-refractivity contribution in [1.29, 1.82) is 0 Å². The minimum atomic E-state index is -0.977. The molecule has 0 amide bonds. The summed E-state index contributed by atoms with van der Waals surface area (Å²) >= 11 is 0. The number of carboxylic acids is 1. The number of nitrogens with zero attached hydrogens (tertiary/aromatic N) is 5. The number of hydrogen-bond donors (Lipinski definition) is 1. The number of fused-ring (bicyclic) bond motifs is 1. The van der Waals surface area contributed by atoms with Crippen LogP contribution in [0.25, 0.3) is 22.3 Å². The molecule has 0 aromatic carbocycles. The quantitative estimate of drug-likeness (QED) is 0.589. The van der Waals surface area contributed by atoms with Gasteiger partial charge in [-0.1, -0.05) is 0 Å². The van der Waals surface area contributed by atoms with Gasteiger partial charge in [0.25, 0.3) is 0 Å². The van der Waals surface area contributed by atoms with Gasteiger partial charge in [0.15, 0.2) is 0 Å². The second kappa shape index (κ2) is 6.68. The molecule has 4 aromatic rings. The molecule has 4 aromatic heterocycles. The van der Waals surface area contributed by atoms with Crippen LogP contribution in [0.1, 0.15) is 21.7 Å². The first-order valence-corrected chi connectivity index (χ1v) is 8.67. The van der Waals surface area contributed by atoms with Crippen molar-refractivity contribution in [3.8, 4) is 11.4 Å². The molecule has 0 bridgehead atoms. The lowest BCUT2D eigenvalue weighted by atomic mass is 10.1. The van der Waals surface area contributed by atoms with Gasteiger partial charge in [0.2, 0.25) is 0 Å². The van der Waals surface area contributed by atoms with E-state index in [1.807, 2.05) is 29.9 Å². The van der Waals surface area contributed by atoms with E-state index >= 15 is 0 Å². The van der Waals surface area contributed by atoms with Crippen molar-refractivity contribution in [2.24, 2.45) is 0 Å². The van der Waals surface area contributed by atoms with Gasteiger partial charge >= 0.3 is 5.97 Å². The molecule has 0 aliphatic heterocycles. The zero-order valence-electron chi connectivity index (χ0n) is 15.1. The molecule has 0 spiro atoms. The van der Waals surface area contributed by atoms with E-state index in [9.17, 15) is 4.79 Å². The number of aromatic nitrogens is 5. The van der Waals surface area contributed by atoms with Gasteiger partial charge in [-0.25, -0.2) is 4.79 Å². The Morgan fingerprint density at radius 2 is 1.89 bits per heavy atom. The third-order valence-electron chi connectivity index (χ3n) is 4.58. The molecule has 4 heterocycles. The van der Waals surface area contributed by atoms with Crippen LogP contribution in [0.2, 0.25) is 0 Å². The van der Waals surface area contributed by atoms with Crippen LogP contribution in [-0.4, -0.2) is 35.4 Å². The first kappa shape index (κ1) is 17.0. The van der Waals surface area contributed by atoms with Crippen LogP contribution in [0.4, 0.5) is 0 Å². The second-order valence-electron chi connectivity index (χ2n) is 6.52. The summed E-state index contributed by atoms with van der Waals surface area (Å²) in [6.07, 6.45) is 5.33. The first-order valence-electron chi connectivity index (χ1n) is 8.67. The Morgan fingerprint density at radius 3 is 2.63 bits per heavy atom. The lowest BCUT2D eigenvalue weighted by molar-refractivity contribution is 0.0697. The monoisotopic (exact) mass is 361 g/mol. The van der Waals surface area contributed by atoms with Gasteiger partial charge in [-0.3, -0.25) is 14.6 Å². The van der Waals surface area contributed by atoms with Crippen molar-refractivity contribution in [2.75, 3.05) is 0 Å². The van der Waals surface area contributed by atoms with Crippen LogP contribution in [0, 0.1) is 13.8 Å². The predicted octanol–water partition coefficient (Wildman–Crippen LogP) is 3.31. The van der Waals surface area contributed by atoms with E-state index in [1.165, 1.54) is 18.3 Å². The normalized spacial score (nSPS) is 11.2. The maximum atomic E-state index is 11.2.